The quantitative estimate of drug-likeness (QED) is 0.332. The molecule has 2 aromatic carbocycles. The predicted molar refractivity (Wildman–Crippen MR) is 97.1 cm³/mol. The summed E-state index contributed by atoms with van der Waals surface area (Å²) in [5.41, 5.74) is -1.27. The summed E-state index contributed by atoms with van der Waals surface area (Å²) in [6.07, 6.45) is -1.14. The van der Waals surface area contributed by atoms with Crippen molar-refractivity contribution in [1.82, 2.24) is 5.16 Å². The van der Waals surface area contributed by atoms with Crippen LogP contribution in [0.3, 0.4) is 0 Å². The van der Waals surface area contributed by atoms with Crippen LogP contribution in [0.4, 0.5) is 33.5 Å². The van der Waals surface area contributed by atoms with E-state index in [1.807, 2.05) is 0 Å². The molecule has 0 aliphatic carbocycles. The summed E-state index contributed by atoms with van der Waals surface area (Å²) >= 11 is 0. The largest absolute Gasteiger partial charge is 0.360 e. The second-order valence-electron chi connectivity index (χ2n) is 6.23. The monoisotopic (exact) mass is 461 g/mol. The van der Waals surface area contributed by atoms with E-state index in [9.17, 15) is 35.2 Å². The first-order valence-electron chi connectivity index (χ1n) is 8.36. The molecule has 0 radical (unpaired) electrons. The summed E-state index contributed by atoms with van der Waals surface area (Å²) in [5.74, 6) is -11.6. The Kier molecular flexibility index (Phi) is 5.97. The van der Waals surface area contributed by atoms with E-state index in [0.29, 0.717) is 5.76 Å². The van der Waals surface area contributed by atoms with E-state index in [1.54, 1.807) is 6.92 Å². The topological polar surface area (TPSA) is 101 Å². The van der Waals surface area contributed by atoms with Gasteiger partial charge in [-0.05, 0) is 31.2 Å². The van der Waals surface area contributed by atoms with Crippen molar-refractivity contribution < 1.29 is 39.7 Å². The summed E-state index contributed by atoms with van der Waals surface area (Å²) in [7, 11) is -4.02. The average molecular weight is 461 g/mol. The molecule has 0 aliphatic heterocycles. The van der Waals surface area contributed by atoms with Crippen molar-refractivity contribution in [2.24, 2.45) is 0 Å². The lowest BCUT2D eigenvalue weighted by Gasteiger charge is -2.10. The molecule has 13 heteroatoms. The van der Waals surface area contributed by atoms with Crippen LogP contribution >= 0.6 is 0 Å². The lowest BCUT2D eigenvalue weighted by molar-refractivity contribution is -0.115. The Labute approximate surface area is 171 Å². The molecule has 3 aromatic rings. The van der Waals surface area contributed by atoms with Crippen molar-refractivity contribution in [1.29, 1.82) is 0 Å². The smallest absolute Gasteiger partial charge is 0.263 e. The van der Waals surface area contributed by atoms with Gasteiger partial charge in [0.15, 0.2) is 29.1 Å². The van der Waals surface area contributed by atoms with Gasteiger partial charge in [-0.1, -0.05) is 5.16 Å². The Bertz CT molecular complexity index is 1230. The van der Waals surface area contributed by atoms with Crippen LogP contribution in [0.5, 0.6) is 0 Å². The van der Waals surface area contributed by atoms with Crippen LogP contribution in [0.15, 0.2) is 39.8 Å². The number of benzene rings is 2. The fourth-order valence-corrected chi connectivity index (χ4v) is 3.48. The fourth-order valence-electron chi connectivity index (χ4n) is 2.50. The van der Waals surface area contributed by atoms with Crippen molar-refractivity contribution in [2.45, 2.75) is 18.2 Å². The molecule has 0 saturated carbocycles. The first kappa shape index (κ1) is 22.2. The van der Waals surface area contributed by atoms with E-state index >= 15 is 0 Å². The number of halogens is 5. The van der Waals surface area contributed by atoms with E-state index in [1.165, 1.54) is 18.2 Å². The highest BCUT2D eigenvalue weighted by atomic mass is 32.2. The molecule has 0 unspecified atom stereocenters. The number of rotatable bonds is 6. The highest BCUT2D eigenvalue weighted by Gasteiger charge is 2.27. The van der Waals surface area contributed by atoms with Crippen molar-refractivity contribution in [3.63, 3.8) is 0 Å². The highest BCUT2D eigenvalue weighted by molar-refractivity contribution is 7.92. The number of sulfonamides is 1. The maximum atomic E-state index is 13.7. The van der Waals surface area contributed by atoms with E-state index in [-0.39, 0.29) is 16.4 Å². The van der Waals surface area contributed by atoms with Gasteiger partial charge in [0.05, 0.1) is 11.3 Å². The van der Waals surface area contributed by atoms with E-state index in [0.717, 1.165) is 12.1 Å². The molecule has 0 saturated heterocycles. The molecule has 0 aliphatic rings. The third-order valence-corrected chi connectivity index (χ3v) is 5.32. The molecule has 1 heterocycles. The van der Waals surface area contributed by atoms with Gasteiger partial charge in [-0.15, -0.1) is 0 Å². The SMILES string of the molecule is Cc1cc(NS(=O)(=O)c2ccc(NC(=O)Cc3c(F)c(F)c(F)c(F)c3F)cc2)no1. The molecule has 7 nitrogen and oxygen atoms in total. The lowest BCUT2D eigenvalue weighted by Crippen LogP contribution is -2.18. The molecule has 164 valence electrons. The second-order valence-corrected chi connectivity index (χ2v) is 7.91. The third-order valence-electron chi connectivity index (χ3n) is 3.95. The minimum absolute atomic E-state index is 0.0186. The first-order chi connectivity index (χ1) is 14.5. The van der Waals surface area contributed by atoms with Gasteiger partial charge in [0.1, 0.15) is 5.76 Å². The zero-order valence-corrected chi connectivity index (χ0v) is 16.3. The Balaban J connectivity index is 1.72. The molecule has 0 atom stereocenters. The van der Waals surface area contributed by atoms with E-state index in [4.69, 9.17) is 4.52 Å². The number of aryl methyl sites for hydroxylation is 1. The van der Waals surface area contributed by atoms with Gasteiger partial charge in [-0.2, -0.15) is 0 Å². The number of carbonyl (C=O) groups excluding carboxylic acids is 1. The number of carbonyl (C=O) groups is 1. The molecular weight excluding hydrogens is 449 g/mol. The van der Waals surface area contributed by atoms with Gasteiger partial charge in [0.2, 0.25) is 11.7 Å². The Morgan fingerprint density at radius 2 is 1.52 bits per heavy atom. The van der Waals surface area contributed by atoms with E-state index < -0.39 is 57.0 Å². The van der Waals surface area contributed by atoms with Crippen LogP contribution in [0.2, 0.25) is 0 Å². The number of hydrogen-bond donors (Lipinski definition) is 2. The summed E-state index contributed by atoms with van der Waals surface area (Å²) in [5, 5.41) is 5.67. The average Bonchev–Trinajstić information content (AvgIpc) is 3.12. The van der Waals surface area contributed by atoms with Crippen LogP contribution in [0, 0.1) is 36.0 Å². The van der Waals surface area contributed by atoms with Crippen molar-refractivity contribution in [3.05, 3.63) is 70.7 Å². The maximum Gasteiger partial charge on any atom is 0.263 e. The summed E-state index contributed by atoms with van der Waals surface area (Å²) in [6.45, 7) is 1.56. The molecule has 3 rings (SSSR count). The molecular formula is C18H12F5N3O4S. The zero-order chi connectivity index (χ0) is 22.9. The van der Waals surface area contributed by atoms with Crippen LogP contribution in [-0.2, 0) is 21.2 Å². The second kappa shape index (κ2) is 8.34. The summed E-state index contributed by atoms with van der Waals surface area (Å²) in [6, 6.07) is 5.91. The standard InChI is InChI=1S/C18H12F5N3O4S/c1-8-6-12(25-30-8)26-31(28,29)10-4-2-9(3-5-10)24-13(27)7-11-14(19)16(21)18(23)17(22)15(11)20/h2-6H,7H2,1H3,(H,24,27)(H,25,26). The molecule has 1 amide bonds. The van der Waals surface area contributed by atoms with Crippen LogP contribution in [-0.4, -0.2) is 19.5 Å². The summed E-state index contributed by atoms with van der Waals surface area (Å²) in [4.78, 5) is 11.8. The number of amides is 1. The van der Waals surface area contributed by atoms with Gasteiger partial charge in [-0.25, -0.2) is 30.4 Å². The van der Waals surface area contributed by atoms with Gasteiger partial charge in [-0.3, -0.25) is 9.52 Å². The first-order valence-corrected chi connectivity index (χ1v) is 9.84. The molecule has 0 fully saturated rings. The minimum atomic E-state index is -4.02. The normalized spacial score (nSPS) is 11.4. The molecule has 2 N–H and O–H groups in total. The molecule has 1 aromatic heterocycles. The van der Waals surface area contributed by atoms with Gasteiger partial charge < -0.3 is 9.84 Å². The van der Waals surface area contributed by atoms with E-state index in [2.05, 4.69) is 15.2 Å². The van der Waals surface area contributed by atoms with Crippen molar-refractivity contribution in [2.75, 3.05) is 10.0 Å². The van der Waals surface area contributed by atoms with Crippen molar-refractivity contribution in [3.8, 4) is 0 Å². The highest BCUT2D eigenvalue weighted by Crippen LogP contribution is 2.24. The van der Waals surface area contributed by atoms with Crippen LogP contribution in [0.25, 0.3) is 0 Å². The third kappa shape index (κ3) is 4.66. The summed E-state index contributed by atoms with van der Waals surface area (Å²) < 4.78 is 98.4. The van der Waals surface area contributed by atoms with Gasteiger partial charge >= 0.3 is 0 Å². The van der Waals surface area contributed by atoms with Crippen LogP contribution < -0.4 is 10.0 Å². The lowest BCUT2D eigenvalue weighted by atomic mass is 10.1. The Morgan fingerprint density at radius 1 is 0.968 bits per heavy atom. The maximum absolute atomic E-state index is 13.7. The fraction of sp³-hybridized carbons (Fsp3) is 0.111. The Hall–Kier alpha value is -3.48. The molecule has 0 bridgehead atoms. The van der Waals surface area contributed by atoms with Gasteiger partial charge in [0.25, 0.3) is 10.0 Å². The number of aromatic nitrogens is 1. The van der Waals surface area contributed by atoms with Crippen LogP contribution in [0.1, 0.15) is 11.3 Å². The zero-order valence-electron chi connectivity index (χ0n) is 15.5. The van der Waals surface area contributed by atoms with Crippen molar-refractivity contribution >= 4 is 27.4 Å². The number of nitrogens with one attached hydrogen (secondary N) is 2. The number of hydrogen-bond acceptors (Lipinski definition) is 5. The predicted octanol–water partition coefficient (Wildman–Crippen LogP) is 3.66. The van der Waals surface area contributed by atoms with Gasteiger partial charge in [0, 0.05) is 17.3 Å². The Morgan fingerprint density at radius 3 is 2.03 bits per heavy atom. The minimum Gasteiger partial charge on any atom is -0.360 e. The number of nitrogens with zero attached hydrogens (tertiary/aromatic N) is 1. The molecule has 31 heavy (non-hydrogen) atoms. The molecule has 0 spiro atoms. The number of anilines is 2.